The summed E-state index contributed by atoms with van der Waals surface area (Å²) in [5.74, 6) is 0.790. The molecule has 2 aromatic heterocycles. The molecule has 18 heavy (non-hydrogen) atoms. The van der Waals surface area contributed by atoms with E-state index in [1.807, 2.05) is 0 Å². The van der Waals surface area contributed by atoms with Crippen molar-refractivity contribution in [3.05, 3.63) is 24.2 Å². The first-order valence-corrected chi connectivity index (χ1v) is 6.46. The maximum Gasteiger partial charge on any atom is 0.335 e. The van der Waals surface area contributed by atoms with Crippen molar-refractivity contribution in [2.75, 3.05) is 17.1 Å². The second-order valence-electron chi connectivity index (χ2n) is 3.38. The van der Waals surface area contributed by atoms with Crippen molar-refractivity contribution in [3.8, 4) is 0 Å². The standard InChI is InChI=1S/C9H11N5O3S/c1-6-12-9(17-13-6)14-18(15,16)7-3-4-11-8(5-7)10-2/h3-5H,1-2H3,(H,10,11)(H,12,13,14). The highest BCUT2D eigenvalue weighted by atomic mass is 32.2. The van der Waals surface area contributed by atoms with Crippen LogP contribution in [0.5, 0.6) is 0 Å². The Kier molecular flexibility index (Phi) is 3.15. The number of hydrogen-bond donors (Lipinski definition) is 2. The Hall–Kier alpha value is -2.16. The van der Waals surface area contributed by atoms with E-state index in [9.17, 15) is 8.42 Å². The van der Waals surface area contributed by atoms with E-state index in [0.29, 0.717) is 11.6 Å². The van der Waals surface area contributed by atoms with Crippen molar-refractivity contribution in [2.45, 2.75) is 11.8 Å². The topological polar surface area (TPSA) is 110 Å². The minimum absolute atomic E-state index is 0.0534. The lowest BCUT2D eigenvalue weighted by Gasteiger charge is -2.05. The Morgan fingerprint density at radius 2 is 2.17 bits per heavy atom. The van der Waals surface area contributed by atoms with E-state index in [-0.39, 0.29) is 10.9 Å². The predicted molar refractivity (Wildman–Crippen MR) is 63.6 cm³/mol. The van der Waals surface area contributed by atoms with Crippen LogP contribution < -0.4 is 10.0 Å². The van der Waals surface area contributed by atoms with Crippen LogP contribution in [-0.4, -0.2) is 30.6 Å². The molecule has 0 fully saturated rings. The highest BCUT2D eigenvalue weighted by Gasteiger charge is 2.18. The first-order valence-electron chi connectivity index (χ1n) is 4.98. The van der Waals surface area contributed by atoms with Crippen LogP contribution in [-0.2, 0) is 10.0 Å². The number of anilines is 2. The predicted octanol–water partition coefficient (Wildman–Crippen LogP) is 0.616. The number of pyridine rings is 1. The Balaban J connectivity index is 2.30. The van der Waals surface area contributed by atoms with Crippen molar-refractivity contribution < 1.29 is 12.9 Å². The van der Waals surface area contributed by atoms with Gasteiger partial charge in [0.05, 0.1) is 4.90 Å². The summed E-state index contributed by atoms with van der Waals surface area (Å²) in [4.78, 5) is 7.75. The zero-order chi connectivity index (χ0) is 13.2. The van der Waals surface area contributed by atoms with Crippen LogP contribution in [0.1, 0.15) is 5.82 Å². The molecule has 8 nitrogen and oxygen atoms in total. The van der Waals surface area contributed by atoms with Gasteiger partial charge in [-0.3, -0.25) is 0 Å². The van der Waals surface area contributed by atoms with E-state index in [2.05, 4.69) is 25.2 Å². The fraction of sp³-hybridized carbons (Fsp3) is 0.222. The Bertz CT molecular complexity index is 652. The van der Waals surface area contributed by atoms with E-state index in [0.717, 1.165) is 0 Å². The molecule has 0 bridgehead atoms. The average molecular weight is 269 g/mol. The van der Waals surface area contributed by atoms with Crippen LogP contribution in [0.2, 0.25) is 0 Å². The van der Waals surface area contributed by atoms with Gasteiger partial charge in [-0.05, 0) is 13.0 Å². The highest BCUT2D eigenvalue weighted by Crippen LogP contribution is 2.16. The maximum absolute atomic E-state index is 12.0. The Morgan fingerprint density at radius 3 is 2.78 bits per heavy atom. The molecular weight excluding hydrogens is 258 g/mol. The summed E-state index contributed by atoms with van der Waals surface area (Å²) < 4.78 is 30.8. The van der Waals surface area contributed by atoms with Gasteiger partial charge in [0.1, 0.15) is 5.82 Å². The summed E-state index contributed by atoms with van der Waals surface area (Å²) in [7, 11) is -2.11. The minimum Gasteiger partial charge on any atom is -0.373 e. The van der Waals surface area contributed by atoms with Crippen LogP contribution in [0.3, 0.4) is 0 Å². The normalized spacial score (nSPS) is 11.2. The number of nitrogens with zero attached hydrogens (tertiary/aromatic N) is 3. The van der Waals surface area contributed by atoms with Gasteiger partial charge < -0.3 is 9.84 Å². The van der Waals surface area contributed by atoms with Crippen LogP contribution >= 0.6 is 0 Å². The molecule has 0 aliphatic carbocycles. The quantitative estimate of drug-likeness (QED) is 0.836. The minimum atomic E-state index is -3.76. The van der Waals surface area contributed by atoms with Gasteiger partial charge in [0.2, 0.25) is 0 Å². The zero-order valence-electron chi connectivity index (χ0n) is 9.71. The number of nitrogens with one attached hydrogen (secondary N) is 2. The second kappa shape index (κ2) is 4.61. The lowest BCUT2D eigenvalue weighted by molar-refractivity contribution is 0.429. The molecule has 0 atom stereocenters. The van der Waals surface area contributed by atoms with E-state index >= 15 is 0 Å². The van der Waals surface area contributed by atoms with E-state index in [1.54, 1.807) is 14.0 Å². The summed E-state index contributed by atoms with van der Waals surface area (Å²) in [6.07, 6.45) is 1.39. The third kappa shape index (κ3) is 2.56. The second-order valence-corrected chi connectivity index (χ2v) is 5.06. The molecule has 0 aliphatic heterocycles. The number of hydrogen-bond acceptors (Lipinski definition) is 7. The first kappa shape index (κ1) is 12.3. The summed E-state index contributed by atoms with van der Waals surface area (Å²) in [5, 5.41) is 6.24. The van der Waals surface area contributed by atoms with Crippen molar-refractivity contribution in [1.29, 1.82) is 0 Å². The zero-order valence-corrected chi connectivity index (χ0v) is 10.5. The molecule has 9 heteroatoms. The van der Waals surface area contributed by atoms with Crippen molar-refractivity contribution in [2.24, 2.45) is 0 Å². The molecule has 0 unspecified atom stereocenters. The fourth-order valence-electron chi connectivity index (χ4n) is 1.23. The van der Waals surface area contributed by atoms with Gasteiger partial charge in [0, 0.05) is 19.3 Å². The highest BCUT2D eigenvalue weighted by molar-refractivity contribution is 7.92. The summed E-state index contributed by atoms with van der Waals surface area (Å²) in [6.45, 7) is 1.59. The van der Waals surface area contributed by atoms with Gasteiger partial charge in [-0.2, -0.15) is 4.98 Å². The smallest absolute Gasteiger partial charge is 0.335 e. The maximum atomic E-state index is 12.0. The van der Waals surface area contributed by atoms with Gasteiger partial charge in [-0.1, -0.05) is 5.16 Å². The number of aromatic nitrogens is 3. The number of aryl methyl sites for hydroxylation is 1. The number of rotatable bonds is 4. The van der Waals surface area contributed by atoms with Crippen LogP contribution in [0.4, 0.5) is 11.8 Å². The first-order chi connectivity index (χ1) is 8.51. The molecular formula is C9H11N5O3S. The number of sulfonamides is 1. The summed E-state index contributed by atoms with van der Waals surface area (Å²) in [5.41, 5.74) is 0. The van der Waals surface area contributed by atoms with Crippen LogP contribution in [0, 0.1) is 6.92 Å². The van der Waals surface area contributed by atoms with Gasteiger partial charge in [0.15, 0.2) is 5.82 Å². The molecule has 2 rings (SSSR count). The van der Waals surface area contributed by atoms with E-state index in [4.69, 9.17) is 4.52 Å². The van der Waals surface area contributed by atoms with Gasteiger partial charge >= 0.3 is 6.01 Å². The van der Waals surface area contributed by atoms with E-state index in [1.165, 1.54) is 18.3 Å². The Morgan fingerprint density at radius 1 is 1.39 bits per heavy atom. The van der Waals surface area contributed by atoms with Crippen LogP contribution in [0.25, 0.3) is 0 Å². The lowest BCUT2D eigenvalue weighted by atomic mass is 10.5. The molecule has 0 spiro atoms. The lowest BCUT2D eigenvalue weighted by Crippen LogP contribution is -2.13. The molecule has 0 amide bonds. The Labute approximate surface area is 103 Å². The monoisotopic (exact) mass is 269 g/mol. The molecule has 0 aromatic carbocycles. The van der Waals surface area contributed by atoms with E-state index < -0.39 is 10.0 Å². The molecule has 2 aromatic rings. The molecule has 96 valence electrons. The molecule has 0 saturated heterocycles. The van der Waals surface area contributed by atoms with Gasteiger partial charge in [0.25, 0.3) is 10.0 Å². The van der Waals surface area contributed by atoms with Crippen molar-refractivity contribution >= 4 is 21.9 Å². The van der Waals surface area contributed by atoms with Crippen LogP contribution in [0.15, 0.2) is 27.7 Å². The van der Waals surface area contributed by atoms with Gasteiger partial charge in [-0.15, -0.1) is 0 Å². The van der Waals surface area contributed by atoms with Crippen molar-refractivity contribution in [1.82, 2.24) is 15.1 Å². The molecule has 0 aliphatic rings. The summed E-state index contributed by atoms with van der Waals surface area (Å²) >= 11 is 0. The summed E-state index contributed by atoms with van der Waals surface area (Å²) in [6, 6.07) is 2.59. The third-order valence-electron chi connectivity index (χ3n) is 2.05. The molecule has 0 radical (unpaired) electrons. The molecule has 0 saturated carbocycles. The SMILES string of the molecule is CNc1cc(S(=O)(=O)Nc2nc(C)no2)ccn1. The third-order valence-corrected chi connectivity index (χ3v) is 3.36. The average Bonchev–Trinajstić information content (AvgIpc) is 2.74. The molecule has 2 heterocycles. The van der Waals surface area contributed by atoms with Crippen molar-refractivity contribution in [3.63, 3.8) is 0 Å². The molecule has 2 N–H and O–H groups in total. The largest absolute Gasteiger partial charge is 0.373 e. The fourth-order valence-corrected chi connectivity index (χ4v) is 2.16. The van der Waals surface area contributed by atoms with Gasteiger partial charge in [-0.25, -0.2) is 18.1 Å².